The predicted molar refractivity (Wildman–Crippen MR) is 59.0 cm³/mol. The minimum Gasteiger partial charge on any atom is -0.361 e. The van der Waals surface area contributed by atoms with Gasteiger partial charge in [-0.25, -0.2) is 0 Å². The molecule has 0 aliphatic rings. The maximum absolute atomic E-state index is 5.49. The van der Waals surface area contributed by atoms with Gasteiger partial charge in [0.15, 0.2) is 0 Å². The summed E-state index contributed by atoms with van der Waals surface area (Å²) in [5.41, 5.74) is 9.14. The molecular formula is C12H14N2. The molecule has 0 saturated heterocycles. The first kappa shape index (κ1) is 9.03. The molecule has 2 nitrogen and oxygen atoms in total. The van der Waals surface area contributed by atoms with Gasteiger partial charge < -0.3 is 10.7 Å². The van der Waals surface area contributed by atoms with E-state index in [4.69, 9.17) is 5.73 Å². The Morgan fingerprint density at radius 2 is 1.93 bits per heavy atom. The third kappa shape index (κ3) is 1.86. The van der Waals surface area contributed by atoms with E-state index in [2.05, 4.69) is 23.2 Å². The van der Waals surface area contributed by atoms with E-state index in [1.165, 1.54) is 11.1 Å². The van der Waals surface area contributed by atoms with E-state index in [-0.39, 0.29) is 0 Å². The molecule has 1 aromatic heterocycles. The minimum atomic E-state index is 0.700. The molecule has 3 N–H and O–H groups in total. The Morgan fingerprint density at radius 3 is 2.64 bits per heavy atom. The maximum Gasteiger partial charge on any atom is 0.0456 e. The molecule has 14 heavy (non-hydrogen) atoms. The van der Waals surface area contributed by atoms with Crippen molar-refractivity contribution in [2.45, 2.75) is 6.42 Å². The Morgan fingerprint density at radius 1 is 1.14 bits per heavy atom. The van der Waals surface area contributed by atoms with E-state index in [0.29, 0.717) is 6.54 Å². The SMILES string of the molecule is NCCc1c[nH]c(-c2ccccc2)c1. The van der Waals surface area contributed by atoms with E-state index in [0.717, 1.165) is 12.1 Å². The van der Waals surface area contributed by atoms with Crippen molar-refractivity contribution in [1.29, 1.82) is 0 Å². The van der Waals surface area contributed by atoms with Gasteiger partial charge in [0.2, 0.25) is 0 Å². The summed E-state index contributed by atoms with van der Waals surface area (Å²) >= 11 is 0. The highest BCUT2D eigenvalue weighted by atomic mass is 14.7. The highest BCUT2D eigenvalue weighted by Gasteiger charge is 1.99. The molecule has 1 heterocycles. The first-order valence-electron chi connectivity index (χ1n) is 4.83. The van der Waals surface area contributed by atoms with Crippen molar-refractivity contribution in [3.63, 3.8) is 0 Å². The fourth-order valence-electron chi connectivity index (χ4n) is 1.53. The first-order valence-corrected chi connectivity index (χ1v) is 4.83. The van der Waals surface area contributed by atoms with Crippen LogP contribution < -0.4 is 5.73 Å². The van der Waals surface area contributed by atoms with Gasteiger partial charge in [-0.15, -0.1) is 0 Å². The molecule has 0 fully saturated rings. The lowest BCUT2D eigenvalue weighted by atomic mass is 10.1. The van der Waals surface area contributed by atoms with Crippen LogP contribution in [-0.2, 0) is 6.42 Å². The van der Waals surface area contributed by atoms with Gasteiger partial charge in [-0.2, -0.15) is 0 Å². The lowest BCUT2D eigenvalue weighted by Crippen LogP contribution is -2.01. The van der Waals surface area contributed by atoms with Crippen LogP contribution in [0.4, 0.5) is 0 Å². The second-order valence-corrected chi connectivity index (χ2v) is 3.33. The molecule has 0 bridgehead atoms. The van der Waals surface area contributed by atoms with Gasteiger partial charge in [-0.05, 0) is 30.2 Å². The fourth-order valence-corrected chi connectivity index (χ4v) is 1.53. The highest BCUT2D eigenvalue weighted by molar-refractivity contribution is 5.60. The van der Waals surface area contributed by atoms with Gasteiger partial charge >= 0.3 is 0 Å². The van der Waals surface area contributed by atoms with Gasteiger partial charge in [0, 0.05) is 11.9 Å². The summed E-state index contributed by atoms with van der Waals surface area (Å²) in [6.45, 7) is 0.700. The van der Waals surface area contributed by atoms with Crippen LogP contribution in [-0.4, -0.2) is 11.5 Å². The van der Waals surface area contributed by atoms with Crippen molar-refractivity contribution < 1.29 is 0 Å². The largest absolute Gasteiger partial charge is 0.361 e. The standard InChI is InChI=1S/C12H14N2/c13-7-6-10-8-12(14-9-10)11-4-2-1-3-5-11/h1-5,8-9,14H,6-7,13H2. The van der Waals surface area contributed by atoms with Gasteiger partial charge in [0.25, 0.3) is 0 Å². The molecule has 0 unspecified atom stereocenters. The number of rotatable bonds is 3. The minimum absolute atomic E-state index is 0.700. The molecular weight excluding hydrogens is 172 g/mol. The Labute approximate surface area is 83.8 Å². The van der Waals surface area contributed by atoms with Crippen LogP contribution in [0.5, 0.6) is 0 Å². The lowest BCUT2D eigenvalue weighted by Gasteiger charge is -1.95. The van der Waals surface area contributed by atoms with Crippen LogP contribution in [0.15, 0.2) is 42.6 Å². The molecule has 0 amide bonds. The number of aromatic nitrogens is 1. The van der Waals surface area contributed by atoms with Crippen LogP contribution >= 0.6 is 0 Å². The van der Waals surface area contributed by atoms with E-state index in [9.17, 15) is 0 Å². The summed E-state index contributed by atoms with van der Waals surface area (Å²) in [6, 6.07) is 12.4. The predicted octanol–water partition coefficient (Wildman–Crippen LogP) is 2.18. The zero-order chi connectivity index (χ0) is 9.80. The second kappa shape index (κ2) is 4.11. The summed E-state index contributed by atoms with van der Waals surface area (Å²) in [5, 5.41) is 0. The summed E-state index contributed by atoms with van der Waals surface area (Å²) in [6.07, 6.45) is 2.96. The number of nitrogens with two attached hydrogens (primary N) is 1. The van der Waals surface area contributed by atoms with E-state index >= 15 is 0 Å². The first-order chi connectivity index (χ1) is 6.90. The third-order valence-electron chi connectivity index (χ3n) is 2.26. The molecule has 2 heteroatoms. The van der Waals surface area contributed by atoms with Gasteiger partial charge in [0.1, 0.15) is 0 Å². The summed E-state index contributed by atoms with van der Waals surface area (Å²) in [7, 11) is 0. The molecule has 72 valence electrons. The van der Waals surface area contributed by atoms with Crippen molar-refractivity contribution >= 4 is 0 Å². The van der Waals surface area contributed by atoms with Crippen LogP contribution in [0.3, 0.4) is 0 Å². The molecule has 0 atom stereocenters. The fraction of sp³-hybridized carbons (Fsp3) is 0.167. The maximum atomic E-state index is 5.49. The zero-order valence-electron chi connectivity index (χ0n) is 8.03. The average Bonchev–Trinajstić information content (AvgIpc) is 2.68. The Hall–Kier alpha value is -1.54. The molecule has 0 spiro atoms. The number of hydrogen-bond acceptors (Lipinski definition) is 1. The molecule has 0 aliphatic carbocycles. The van der Waals surface area contributed by atoms with Crippen LogP contribution in [0.25, 0.3) is 11.3 Å². The molecule has 0 saturated carbocycles. The highest BCUT2D eigenvalue weighted by Crippen LogP contribution is 2.18. The van der Waals surface area contributed by atoms with Crippen LogP contribution in [0.1, 0.15) is 5.56 Å². The second-order valence-electron chi connectivity index (χ2n) is 3.33. The summed E-state index contributed by atoms with van der Waals surface area (Å²) < 4.78 is 0. The topological polar surface area (TPSA) is 41.8 Å². The average molecular weight is 186 g/mol. The van der Waals surface area contributed by atoms with Gasteiger partial charge in [0.05, 0.1) is 0 Å². The number of H-pyrrole nitrogens is 1. The van der Waals surface area contributed by atoms with Crippen molar-refractivity contribution in [2.75, 3.05) is 6.54 Å². The van der Waals surface area contributed by atoms with E-state index in [1.807, 2.05) is 24.4 Å². The van der Waals surface area contributed by atoms with Crippen molar-refractivity contribution in [2.24, 2.45) is 5.73 Å². The number of benzene rings is 1. The normalized spacial score (nSPS) is 10.4. The Bertz CT molecular complexity index is 390. The Balaban J connectivity index is 2.25. The number of aromatic amines is 1. The molecule has 0 radical (unpaired) electrons. The zero-order valence-corrected chi connectivity index (χ0v) is 8.03. The van der Waals surface area contributed by atoms with Crippen LogP contribution in [0, 0.1) is 0 Å². The third-order valence-corrected chi connectivity index (χ3v) is 2.26. The molecule has 2 aromatic rings. The van der Waals surface area contributed by atoms with Gasteiger partial charge in [-0.3, -0.25) is 0 Å². The van der Waals surface area contributed by atoms with Crippen LogP contribution in [0.2, 0.25) is 0 Å². The number of hydrogen-bond donors (Lipinski definition) is 2. The monoisotopic (exact) mass is 186 g/mol. The Kier molecular flexibility index (Phi) is 2.65. The van der Waals surface area contributed by atoms with Crippen molar-refractivity contribution in [3.8, 4) is 11.3 Å². The van der Waals surface area contributed by atoms with Crippen molar-refractivity contribution in [3.05, 3.63) is 48.2 Å². The summed E-state index contributed by atoms with van der Waals surface area (Å²) in [4.78, 5) is 3.25. The molecule has 1 aromatic carbocycles. The smallest absolute Gasteiger partial charge is 0.0456 e. The summed E-state index contributed by atoms with van der Waals surface area (Å²) in [5.74, 6) is 0. The lowest BCUT2D eigenvalue weighted by molar-refractivity contribution is 0.971. The quantitative estimate of drug-likeness (QED) is 0.758. The van der Waals surface area contributed by atoms with E-state index in [1.54, 1.807) is 0 Å². The van der Waals surface area contributed by atoms with E-state index < -0.39 is 0 Å². The number of nitrogens with one attached hydrogen (secondary N) is 1. The van der Waals surface area contributed by atoms with Crippen molar-refractivity contribution in [1.82, 2.24) is 4.98 Å². The van der Waals surface area contributed by atoms with Gasteiger partial charge in [-0.1, -0.05) is 30.3 Å². The molecule has 0 aliphatic heterocycles. The molecule has 2 rings (SSSR count).